The SMILES string of the molecule is ClC(C1([PH](c2ccccc2)(c2ccccc2)c2ccccc2)c2ccccc2-c2ccccc21)[PH](c1ccccc1)(c1ccccc1)c1ccccc1. The van der Waals surface area contributed by atoms with E-state index in [0.29, 0.717) is 0 Å². The van der Waals surface area contributed by atoms with Crippen LogP contribution in [0.15, 0.2) is 231 Å². The second-order valence-electron chi connectivity index (χ2n) is 14.0. The molecule has 0 saturated carbocycles. The van der Waals surface area contributed by atoms with Crippen molar-refractivity contribution < 1.29 is 0 Å². The Balaban J connectivity index is 1.58. The van der Waals surface area contributed by atoms with Crippen molar-refractivity contribution in [3.8, 4) is 11.1 Å². The normalized spacial score (nSPS) is 14.4. The summed E-state index contributed by atoms with van der Waals surface area (Å²) in [6.45, 7) is 0. The third kappa shape index (κ3) is 4.97. The van der Waals surface area contributed by atoms with Gasteiger partial charge in [-0.1, -0.05) is 0 Å². The quantitative estimate of drug-likeness (QED) is 0.102. The van der Waals surface area contributed by atoms with Gasteiger partial charge in [-0.15, -0.1) is 0 Å². The zero-order chi connectivity index (χ0) is 35.7. The minimum absolute atomic E-state index is 0.403. The molecule has 0 nitrogen and oxygen atoms in total. The Morgan fingerprint density at radius 3 is 0.849 bits per heavy atom. The zero-order valence-corrected chi connectivity index (χ0v) is 32.2. The molecular weight excluding hydrogens is 698 g/mol. The number of benzene rings is 8. The van der Waals surface area contributed by atoms with Crippen molar-refractivity contribution in [3.63, 3.8) is 0 Å². The molecule has 9 rings (SSSR count). The molecule has 8 aromatic rings. The Hall–Kier alpha value is -5.09. The van der Waals surface area contributed by atoms with Gasteiger partial charge in [0.25, 0.3) is 0 Å². The number of alkyl halides is 1. The maximum atomic E-state index is 9.16. The van der Waals surface area contributed by atoms with Crippen LogP contribution in [0.25, 0.3) is 11.1 Å². The standard InChI is InChI=1S/C50H41ClP2/c51-49(52(39-23-7-1-8-24-39,40-25-9-2-10-26-40)41-27-11-3-12-28-41)50(47-37-21-19-35-45(47)46-36-20-22-38-48(46)50)53(42-29-13-4-14-30-42,43-31-15-5-16-32-43)44-33-17-6-18-34-44/h1-38,49,52-53H. The predicted molar refractivity (Wildman–Crippen MR) is 235 cm³/mol. The van der Waals surface area contributed by atoms with Crippen LogP contribution in [0.1, 0.15) is 11.1 Å². The monoisotopic (exact) mass is 738 g/mol. The first-order chi connectivity index (χ1) is 26.2. The fourth-order valence-corrected chi connectivity index (χ4v) is 24.0. The van der Waals surface area contributed by atoms with Crippen LogP contribution >= 0.6 is 26.1 Å². The fraction of sp³-hybridized carbons (Fsp3) is 0.0400. The summed E-state index contributed by atoms with van der Waals surface area (Å²) in [6.07, 6.45) is 0. The summed E-state index contributed by atoms with van der Waals surface area (Å²) in [4.78, 5) is 0. The van der Waals surface area contributed by atoms with Crippen LogP contribution < -0.4 is 31.8 Å². The molecule has 258 valence electrons. The summed E-state index contributed by atoms with van der Waals surface area (Å²) in [5.41, 5.74) is 5.16. The van der Waals surface area contributed by atoms with Gasteiger partial charge in [-0.25, -0.2) is 0 Å². The molecule has 1 aliphatic carbocycles. The number of rotatable bonds is 9. The first-order valence-electron chi connectivity index (χ1n) is 18.4. The van der Waals surface area contributed by atoms with Crippen LogP contribution in [0, 0.1) is 0 Å². The molecule has 0 aliphatic heterocycles. The molecule has 8 aromatic carbocycles. The third-order valence-corrected chi connectivity index (χ3v) is 24.0. The molecule has 0 aromatic heterocycles. The maximum absolute atomic E-state index is 9.16. The van der Waals surface area contributed by atoms with Gasteiger partial charge in [-0.2, -0.15) is 0 Å². The first-order valence-corrected chi connectivity index (χ1v) is 22.9. The molecule has 1 atom stereocenters. The Bertz CT molecular complexity index is 2210. The molecule has 0 bridgehead atoms. The van der Waals surface area contributed by atoms with Crippen LogP contribution in [0.3, 0.4) is 0 Å². The second-order valence-corrected chi connectivity index (χ2v) is 22.8. The van der Waals surface area contributed by atoms with Gasteiger partial charge in [-0.3, -0.25) is 0 Å². The molecule has 0 N–H and O–H groups in total. The Kier molecular flexibility index (Phi) is 8.94. The van der Waals surface area contributed by atoms with Gasteiger partial charge in [0.2, 0.25) is 0 Å². The molecule has 1 unspecified atom stereocenters. The third-order valence-electron chi connectivity index (χ3n) is 11.7. The van der Waals surface area contributed by atoms with Crippen molar-refractivity contribution in [2.24, 2.45) is 0 Å². The Morgan fingerprint density at radius 1 is 0.302 bits per heavy atom. The van der Waals surface area contributed by atoms with Crippen molar-refractivity contribution in [1.29, 1.82) is 0 Å². The molecule has 3 heteroatoms. The number of hydrogen-bond acceptors (Lipinski definition) is 0. The van der Waals surface area contributed by atoms with Crippen LogP contribution in [-0.2, 0) is 5.16 Å². The molecule has 53 heavy (non-hydrogen) atoms. The molecule has 1 aliphatic rings. The van der Waals surface area contributed by atoms with E-state index in [1.165, 1.54) is 54.1 Å². The average Bonchev–Trinajstić information content (AvgIpc) is 3.55. The van der Waals surface area contributed by atoms with E-state index in [9.17, 15) is 0 Å². The molecule has 0 spiro atoms. The summed E-state index contributed by atoms with van der Waals surface area (Å²) < 4.78 is 0. The topological polar surface area (TPSA) is 0 Å². The van der Waals surface area contributed by atoms with Crippen LogP contribution in [0.5, 0.6) is 0 Å². The van der Waals surface area contributed by atoms with E-state index in [1.807, 2.05) is 0 Å². The van der Waals surface area contributed by atoms with Gasteiger partial charge in [0.15, 0.2) is 0 Å². The van der Waals surface area contributed by atoms with Gasteiger partial charge in [0.1, 0.15) is 0 Å². The van der Waals surface area contributed by atoms with Crippen molar-refractivity contribution in [3.05, 3.63) is 242 Å². The predicted octanol–water partition coefficient (Wildman–Crippen LogP) is 9.93. The minimum atomic E-state index is -3.31. The summed E-state index contributed by atoms with van der Waals surface area (Å²) in [7, 11) is -6.52. The Morgan fingerprint density at radius 2 is 0.547 bits per heavy atom. The number of hydrogen-bond donors (Lipinski definition) is 0. The molecular formula is C50H41ClP2. The van der Waals surface area contributed by atoms with Gasteiger partial charge < -0.3 is 0 Å². The fourth-order valence-electron chi connectivity index (χ4n) is 9.75. The van der Waals surface area contributed by atoms with E-state index < -0.39 is 24.8 Å². The van der Waals surface area contributed by atoms with E-state index in [0.717, 1.165) is 0 Å². The number of fused-ring (bicyclic) bond motifs is 3. The van der Waals surface area contributed by atoms with Crippen molar-refractivity contribution >= 4 is 58.0 Å². The van der Waals surface area contributed by atoms with E-state index >= 15 is 0 Å². The van der Waals surface area contributed by atoms with Crippen LogP contribution in [0.2, 0.25) is 0 Å². The van der Waals surface area contributed by atoms with Gasteiger partial charge in [0.05, 0.1) is 0 Å². The van der Waals surface area contributed by atoms with E-state index in [4.69, 9.17) is 11.6 Å². The van der Waals surface area contributed by atoms with Gasteiger partial charge >= 0.3 is 321 Å². The Labute approximate surface area is 319 Å². The van der Waals surface area contributed by atoms with Crippen molar-refractivity contribution in [2.45, 2.75) is 10.3 Å². The van der Waals surface area contributed by atoms with Gasteiger partial charge in [0, 0.05) is 0 Å². The first kappa shape index (κ1) is 33.7. The average molecular weight is 739 g/mol. The molecule has 0 amide bonds. The van der Waals surface area contributed by atoms with Crippen molar-refractivity contribution in [1.82, 2.24) is 0 Å². The molecule has 0 fully saturated rings. The summed E-state index contributed by atoms with van der Waals surface area (Å²) in [5.74, 6) is 0. The second kappa shape index (κ2) is 14.0. The summed E-state index contributed by atoms with van der Waals surface area (Å²) >= 11 is 9.16. The van der Waals surface area contributed by atoms with E-state index in [2.05, 4.69) is 231 Å². The van der Waals surface area contributed by atoms with Crippen LogP contribution in [0.4, 0.5) is 0 Å². The van der Waals surface area contributed by atoms with Gasteiger partial charge in [-0.05, 0) is 0 Å². The number of halogens is 1. The molecule has 0 radical (unpaired) electrons. The van der Waals surface area contributed by atoms with E-state index in [1.54, 1.807) is 0 Å². The van der Waals surface area contributed by atoms with E-state index in [-0.39, 0.29) is 0 Å². The summed E-state index contributed by atoms with van der Waals surface area (Å²) in [5, 5.41) is 6.82. The van der Waals surface area contributed by atoms with Crippen LogP contribution in [-0.4, -0.2) is 5.12 Å². The molecule has 0 saturated heterocycles. The molecule has 0 heterocycles. The summed E-state index contributed by atoms with van der Waals surface area (Å²) in [6, 6.07) is 86.1. The zero-order valence-electron chi connectivity index (χ0n) is 29.4. The van der Waals surface area contributed by atoms with Crippen molar-refractivity contribution in [2.75, 3.05) is 0 Å².